The van der Waals surface area contributed by atoms with Crippen LogP contribution in [-0.4, -0.2) is 19.3 Å². The van der Waals surface area contributed by atoms with E-state index in [2.05, 4.69) is 25.2 Å². The van der Waals surface area contributed by atoms with E-state index < -0.39 is 0 Å². The van der Waals surface area contributed by atoms with Crippen molar-refractivity contribution in [2.75, 3.05) is 7.11 Å². The van der Waals surface area contributed by atoms with Crippen molar-refractivity contribution in [3.8, 4) is 0 Å². The molecule has 0 spiro atoms. The van der Waals surface area contributed by atoms with Gasteiger partial charge in [-0.3, -0.25) is 0 Å². The Morgan fingerprint density at radius 2 is 2.25 bits per heavy atom. The Bertz CT molecular complexity index is 326. The lowest BCUT2D eigenvalue weighted by Crippen LogP contribution is -2.35. The highest BCUT2D eigenvalue weighted by Gasteiger charge is 2.15. The average Bonchev–Trinajstić information content (AvgIpc) is 2.84. The van der Waals surface area contributed by atoms with Gasteiger partial charge in [0.05, 0.1) is 6.10 Å². The van der Waals surface area contributed by atoms with E-state index in [1.807, 2.05) is 11.3 Å². The van der Waals surface area contributed by atoms with E-state index in [1.165, 1.54) is 24.1 Å². The summed E-state index contributed by atoms with van der Waals surface area (Å²) >= 11 is 1.98. The number of thiophene rings is 1. The molecule has 2 atom stereocenters. The zero-order chi connectivity index (χ0) is 11.5. The van der Waals surface area contributed by atoms with Crippen LogP contribution in [0.4, 0.5) is 0 Å². The Morgan fingerprint density at radius 3 is 2.94 bits per heavy atom. The van der Waals surface area contributed by atoms with Gasteiger partial charge in [-0.25, -0.2) is 0 Å². The van der Waals surface area contributed by atoms with Crippen molar-refractivity contribution in [3.05, 3.63) is 21.4 Å². The maximum Gasteiger partial charge on any atom is 0.0693 e. The van der Waals surface area contributed by atoms with Crippen molar-refractivity contribution < 1.29 is 4.74 Å². The van der Waals surface area contributed by atoms with Gasteiger partial charge < -0.3 is 10.1 Å². The van der Waals surface area contributed by atoms with Crippen LogP contribution in [0.15, 0.2) is 6.07 Å². The van der Waals surface area contributed by atoms with E-state index in [-0.39, 0.29) is 6.10 Å². The second-order valence-corrected chi connectivity index (χ2v) is 5.85. The second-order valence-electron chi connectivity index (χ2n) is 4.63. The summed E-state index contributed by atoms with van der Waals surface area (Å²) in [6.07, 6.45) is 4.21. The molecule has 2 rings (SSSR count). The van der Waals surface area contributed by atoms with Crippen molar-refractivity contribution in [2.24, 2.45) is 0 Å². The van der Waals surface area contributed by atoms with Crippen LogP contribution in [0.5, 0.6) is 0 Å². The third-order valence-electron chi connectivity index (χ3n) is 3.47. The quantitative estimate of drug-likeness (QED) is 0.853. The predicted molar refractivity (Wildman–Crippen MR) is 69.1 cm³/mol. The molecule has 1 N–H and O–H groups in total. The topological polar surface area (TPSA) is 21.3 Å². The Labute approximate surface area is 102 Å². The fourth-order valence-electron chi connectivity index (χ4n) is 2.11. The van der Waals surface area contributed by atoms with Gasteiger partial charge in [-0.1, -0.05) is 0 Å². The first-order chi connectivity index (χ1) is 7.70. The summed E-state index contributed by atoms with van der Waals surface area (Å²) in [6.45, 7) is 5.26. The van der Waals surface area contributed by atoms with E-state index in [4.69, 9.17) is 4.74 Å². The molecule has 2 unspecified atom stereocenters. The lowest BCUT2D eigenvalue weighted by Gasteiger charge is -2.19. The van der Waals surface area contributed by atoms with Crippen LogP contribution in [0.1, 0.15) is 35.6 Å². The molecule has 0 fully saturated rings. The molecule has 0 bridgehead atoms. The summed E-state index contributed by atoms with van der Waals surface area (Å²) in [4.78, 5) is 3.09. The smallest absolute Gasteiger partial charge is 0.0693 e. The number of nitrogens with one attached hydrogen (secondary N) is 1. The van der Waals surface area contributed by atoms with Gasteiger partial charge in [0.2, 0.25) is 0 Å². The van der Waals surface area contributed by atoms with Crippen molar-refractivity contribution >= 4 is 11.3 Å². The maximum atomic E-state index is 5.30. The highest BCUT2D eigenvalue weighted by Crippen LogP contribution is 2.30. The maximum absolute atomic E-state index is 5.30. The molecule has 1 aromatic rings. The Hall–Kier alpha value is -0.380. The van der Waals surface area contributed by atoms with E-state index >= 15 is 0 Å². The van der Waals surface area contributed by atoms with Crippen LogP contribution in [0.25, 0.3) is 0 Å². The molecule has 0 saturated carbocycles. The van der Waals surface area contributed by atoms with Gasteiger partial charge >= 0.3 is 0 Å². The number of ether oxygens (including phenoxy) is 1. The number of fused-ring (bicyclic) bond motifs is 1. The minimum Gasteiger partial charge on any atom is -0.380 e. The van der Waals surface area contributed by atoms with Gasteiger partial charge in [0.15, 0.2) is 0 Å². The fraction of sp³-hybridized carbons (Fsp3) is 0.692. The molecule has 0 amide bonds. The minimum absolute atomic E-state index is 0.270. The molecule has 0 aliphatic heterocycles. The molecule has 2 nitrogen and oxygen atoms in total. The van der Waals surface area contributed by atoms with Gasteiger partial charge in [-0.2, -0.15) is 0 Å². The minimum atomic E-state index is 0.270. The number of methoxy groups -OCH3 is 1. The number of aryl methyl sites for hydroxylation is 2. The van der Waals surface area contributed by atoms with Crippen LogP contribution in [0.3, 0.4) is 0 Å². The molecular weight excluding hydrogens is 218 g/mol. The Balaban J connectivity index is 1.85. The van der Waals surface area contributed by atoms with Gasteiger partial charge in [0, 0.05) is 29.5 Å². The van der Waals surface area contributed by atoms with E-state index in [9.17, 15) is 0 Å². The van der Waals surface area contributed by atoms with Crippen molar-refractivity contribution in [3.63, 3.8) is 0 Å². The van der Waals surface area contributed by atoms with Crippen LogP contribution >= 0.6 is 11.3 Å². The van der Waals surface area contributed by atoms with E-state index in [1.54, 1.807) is 17.6 Å². The first-order valence-corrected chi connectivity index (χ1v) is 6.89. The molecule has 3 heteroatoms. The van der Waals surface area contributed by atoms with Gasteiger partial charge in [0.25, 0.3) is 0 Å². The van der Waals surface area contributed by atoms with Crippen molar-refractivity contribution in [1.82, 2.24) is 5.32 Å². The molecular formula is C13H21NOS. The molecule has 1 heterocycles. The Morgan fingerprint density at radius 1 is 1.44 bits per heavy atom. The van der Waals surface area contributed by atoms with Crippen LogP contribution in [0, 0.1) is 0 Å². The highest BCUT2D eigenvalue weighted by molar-refractivity contribution is 7.12. The summed E-state index contributed by atoms with van der Waals surface area (Å²) in [5.74, 6) is 0. The molecule has 1 aliphatic carbocycles. The van der Waals surface area contributed by atoms with Crippen molar-refractivity contribution in [2.45, 2.75) is 51.8 Å². The predicted octanol–water partition coefficient (Wildman–Crippen LogP) is 2.75. The monoisotopic (exact) mass is 239 g/mol. The largest absolute Gasteiger partial charge is 0.380 e. The molecule has 0 saturated heterocycles. The summed E-state index contributed by atoms with van der Waals surface area (Å²) in [7, 11) is 1.77. The highest BCUT2D eigenvalue weighted by atomic mass is 32.1. The van der Waals surface area contributed by atoms with Gasteiger partial charge in [-0.05, 0) is 44.7 Å². The second kappa shape index (κ2) is 5.30. The number of hydrogen-bond donors (Lipinski definition) is 1. The summed E-state index contributed by atoms with van der Waals surface area (Å²) in [5, 5.41) is 3.52. The molecule has 0 aromatic carbocycles. The first-order valence-electron chi connectivity index (χ1n) is 6.07. The van der Waals surface area contributed by atoms with E-state index in [0.29, 0.717) is 6.04 Å². The third-order valence-corrected chi connectivity index (χ3v) is 4.71. The normalized spacial score (nSPS) is 18.4. The fourth-order valence-corrected chi connectivity index (χ4v) is 3.32. The first kappa shape index (κ1) is 12.1. The number of hydrogen-bond acceptors (Lipinski definition) is 3. The van der Waals surface area contributed by atoms with Crippen LogP contribution in [0.2, 0.25) is 0 Å². The molecule has 0 radical (unpaired) electrons. The zero-order valence-electron chi connectivity index (χ0n) is 10.4. The van der Waals surface area contributed by atoms with E-state index in [0.717, 1.165) is 6.54 Å². The molecule has 1 aromatic heterocycles. The molecule has 1 aliphatic rings. The molecule has 16 heavy (non-hydrogen) atoms. The summed E-state index contributed by atoms with van der Waals surface area (Å²) < 4.78 is 5.30. The lowest BCUT2D eigenvalue weighted by atomic mass is 10.2. The SMILES string of the molecule is COC(C)C(C)NCc1cc2c(s1)CCC2. The Kier molecular flexibility index (Phi) is 4.00. The zero-order valence-corrected chi connectivity index (χ0v) is 11.2. The van der Waals surface area contributed by atoms with Crippen LogP contribution in [-0.2, 0) is 24.1 Å². The van der Waals surface area contributed by atoms with Crippen molar-refractivity contribution in [1.29, 1.82) is 0 Å². The molecule has 90 valence electrons. The van der Waals surface area contributed by atoms with Gasteiger partial charge in [-0.15, -0.1) is 11.3 Å². The van der Waals surface area contributed by atoms with Crippen LogP contribution < -0.4 is 5.32 Å². The lowest BCUT2D eigenvalue weighted by molar-refractivity contribution is 0.0883. The summed E-state index contributed by atoms with van der Waals surface area (Å²) in [5.41, 5.74) is 1.59. The third kappa shape index (κ3) is 2.65. The summed E-state index contributed by atoms with van der Waals surface area (Å²) in [6, 6.07) is 2.78. The standard InChI is InChI=1S/C13H21NOS/c1-9(10(2)15-3)14-8-12-7-11-5-4-6-13(11)16-12/h7,9-10,14H,4-6,8H2,1-3H3. The number of rotatable bonds is 5. The average molecular weight is 239 g/mol. The van der Waals surface area contributed by atoms with Gasteiger partial charge in [0.1, 0.15) is 0 Å².